The first-order valence-corrected chi connectivity index (χ1v) is 4.16. The molecule has 0 radical (unpaired) electrons. The highest BCUT2D eigenvalue weighted by Gasteiger charge is 2.09. The number of hydrogen-bond acceptors (Lipinski definition) is 3. The number of pyridine rings is 1. The Hall–Kier alpha value is -1.29. The fraction of sp³-hybridized carbons (Fsp3) is 0.250. The molecule has 4 nitrogen and oxygen atoms in total. The van der Waals surface area contributed by atoms with E-state index in [4.69, 9.17) is 16.3 Å². The third-order valence-corrected chi connectivity index (χ3v) is 2.12. The zero-order valence-electron chi connectivity index (χ0n) is 7.28. The highest BCUT2D eigenvalue weighted by atomic mass is 35.5. The predicted molar refractivity (Wildman–Crippen MR) is 49.3 cm³/mol. The summed E-state index contributed by atoms with van der Waals surface area (Å²) in [7, 11) is 1.57. The number of ether oxygens (including phenoxy) is 1. The molecule has 5 heteroatoms. The molecule has 68 valence electrons. The van der Waals surface area contributed by atoms with Crippen LogP contribution in [0.4, 0.5) is 0 Å². The van der Waals surface area contributed by atoms with Crippen LogP contribution in [0.1, 0.15) is 5.82 Å². The van der Waals surface area contributed by atoms with Gasteiger partial charge in [0.2, 0.25) is 5.88 Å². The third kappa shape index (κ3) is 1.14. The van der Waals surface area contributed by atoms with E-state index in [-0.39, 0.29) is 0 Å². The van der Waals surface area contributed by atoms with Gasteiger partial charge in [0.1, 0.15) is 10.8 Å². The van der Waals surface area contributed by atoms with Crippen molar-refractivity contribution in [2.24, 2.45) is 0 Å². The molecule has 0 aliphatic carbocycles. The van der Waals surface area contributed by atoms with Crippen LogP contribution in [-0.4, -0.2) is 21.7 Å². The molecule has 0 aromatic carbocycles. The summed E-state index contributed by atoms with van der Waals surface area (Å²) in [5, 5.41) is 8.42. The van der Waals surface area contributed by atoms with Crippen LogP contribution in [0, 0.1) is 6.92 Å². The molecular weight excluding hydrogens is 190 g/mol. The third-order valence-electron chi connectivity index (χ3n) is 1.83. The van der Waals surface area contributed by atoms with Gasteiger partial charge in [0.05, 0.1) is 7.11 Å². The first kappa shape index (κ1) is 8.31. The van der Waals surface area contributed by atoms with Crippen LogP contribution in [-0.2, 0) is 0 Å². The molecule has 0 fully saturated rings. The Morgan fingerprint density at radius 1 is 1.38 bits per heavy atom. The molecular formula is C8H8ClN3O. The molecule has 0 saturated carbocycles. The van der Waals surface area contributed by atoms with Gasteiger partial charge in [-0.15, -0.1) is 10.2 Å². The van der Waals surface area contributed by atoms with E-state index in [1.165, 1.54) is 0 Å². The normalized spacial score (nSPS) is 10.7. The van der Waals surface area contributed by atoms with Gasteiger partial charge >= 0.3 is 0 Å². The fourth-order valence-corrected chi connectivity index (χ4v) is 1.48. The fourth-order valence-electron chi connectivity index (χ4n) is 1.25. The van der Waals surface area contributed by atoms with Gasteiger partial charge in [-0.3, -0.25) is 0 Å². The van der Waals surface area contributed by atoms with E-state index in [0.29, 0.717) is 10.9 Å². The Morgan fingerprint density at radius 2 is 2.15 bits per heavy atom. The van der Waals surface area contributed by atoms with Gasteiger partial charge in [0.25, 0.3) is 0 Å². The van der Waals surface area contributed by atoms with E-state index >= 15 is 0 Å². The van der Waals surface area contributed by atoms with Gasteiger partial charge in [-0.2, -0.15) is 0 Å². The lowest BCUT2D eigenvalue weighted by molar-refractivity contribution is 0.391. The number of halogens is 1. The molecule has 0 spiro atoms. The highest BCUT2D eigenvalue weighted by Crippen LogP contribution is 2.25. The van der Waals surface area contributed by atoms with Crippen molar-refractivity contribution in [1.29, 1.82) is 0 Å². The maximum atomic E-state index is 5.93. The summed E-state index contributed by atoms with van der Waals surface area (Å²) in [4.78, 5) is 0. The summed E-state index contributed by atoms with van der Waals surface area (Å²) in [6.45, 7) is 1.85. The molecule has 0 N–H and O–H groups in total. The van der Waals surface area contributed by atoms with Crippen molar-refractivity contribution < 1.29 is 4.74 Å². The molecule has 0 amide bonds. The maximum Gasteiger partial charge on any atom is 0.219 e. The molecule has 2 aromatic rings. The van der Waals surface area contributed by atoms with Gasteiger partial charge < -0.3 is 4.74 Å². The van der Waals surface area contributed by atoms with E-state index in [9.17, 15) is 0 Å². The molecule has 0 unspecified atom stereocenters. The topological polar surface area (TPSA) is 39.4 Å². The number of nitrogens with zero attached hydrogens (tertiary/aromatic N) is 3. The van der Waals surface area contributed by atoms with Crippen molar-refractivity contribution in [2.75, 3.05) is 7.11 Å². The minimum atomic E-state index is 0.554. The second-order valence-corrected chi connectivity index (χ2v) is 3.04. The van der Waals surface area contributed by atoms with E-state index in [2.05, 4.69) is 10.2 Å². The van der Waals surface area contributed by atoms with Crippen molar-refractivity contribution in [3.63, 3.8) is 0 Å². The van der Waals surface area contributed by atoms with Crippen LogP contribution < -0.4 is 4.74 Å². The van der Waals surface area contributed by atoms with Gasteiger partial charge in [0, 0.05) is 0 Å². The van der Waals surface area contributed by atoms with Crippen LogP contribution in [0.3, 0.4) is 0 Å². The molecule has 2 rings (SSSR count). The Bertz CT molecular complexity index is 452. The minimum Gasteiger partial charge on any atom is -0.481 e. The molecule has 2 aromatic heterocycles. The van der Waals surface area contributed by atoms with Gasteiger partial charge in [-0.1, -0.05) is 11.6 Å². The first-order valence-electron chi connectivity index (χ1n) is 3.78. The summed E-state index contributed by atoms with van der Waals surface area (Å²) in [6, 6.07) is 3.54. The Labute approximate surface area is 80.1 Å². The summed E-state index contributed by atoms with van der Waals surface area (Å²) >= 11 is 5.93. The van der Waals surface area contributed by atoms with Crippen molar-refractivity contribution in [3.05, 3.63) is 23.0 Å². The van der Waals surface area contributed by atoms with Crippen LogP contribution in [0.5, 0.6) is 5.88 Å². The zero-order valence-corrected chi connectivity index (χ0v) is 8.04. The van der Waals surface area contributed by atoms with Crippen LogP contribution in [0.15, 0.2) is 12.1 Å². The van der Waals surface area contributed by atoms with Crippen molar-refractivity contribution in [1.82, 2.24) is 14.6 Å². The van der Waals surface area contributed by atoms with Crippen molar-refractivity contribution >= 4 is 17.2 Å². The largest absolute Gasteiger partial charge is 0.481 e. The number of aryl methyl sites for hydroxylation is 1. The quantitative estimate of drug-likeness (QED) is 0.699. The zero-order chi connectivity index (χ0) is 9.42. The SMILES string of the molecule is COc1c(Cl)ccc2nnc(C)n12. The van der Waals surface area contributed by atoms with Crippen LogP contribution in [0.2, 0.25) is 5.02 Å². The summed E-state index contributed by atoms with van der Waals surface area (Å²) in [5.74, 6) is 1.33. The monoisotopic (exact) mass is 197 g/mol. The number of hydrogen-bond donors (Lipinski definition) is 0. The van der Waals surface area contributed by atoms with Gasteiger partial charge in [-0.05, 0) is 19.1 Å². The van der Waals surface area contributed by atoms with E-state index in [0.717, 1.165) is 11.5 Å². The van der Waals surface area contributed by atoms with Crippen molar-refractivity contribution in [3.8, 4) is 5.88 Å². The van der Waals surface area contributed by atoms with E-state index in [1.807, 2.05) is 6.92 Å². The molecule has 0 aliphatic heterocycles. The van der Waals surface area contributed by atoms with Crippen LogP contribution >= 0.6 is 11.6 Å². The number of aromatic nitrogens is 3. The highest BCUT2D eigenvalue weighted by molar-refractivity contribution is 6.31. The van der Waals surface area contributed by atoms with E-state index in [1.54, 1.807) is 23.6 Å². The Morgan fingerprint density at radius 3 is 2.85 bits per heavy atom. The predicted octanol–water partition coefficient (Wildman–Crippen LogP) is 1.70. The molecule has 0 atom stereocenters. The molecule has 0 aliphatic rings. The Balaban J connectivity index is 2.88. The lowest BCUT2D eigenvalue weighted by Gasteiger charge is -2.05. The lowest BCUT2D eigenvalue weighted by atomic mass is 10.4. The number of fused-ring (bicyclic) bond motifs is 1. The molecule has 13 heavy (non-hydrogen) atoms. The molecule has 0 saturated heterocycles. The van der Waals surface area contributed by atoms with E-state index < -0.39 is 0 Å². The summed E-state index contributed by atoms with van der Waals surface area (Å²) in [5.41, 5.74) is 0.735. The minimum absolute atomic E-state index is 0.554. The van der Waals surface area contributed by atoms with Crippen molar-refractivity contribution in [2.45, 2.75) is 6.92 Å². The summed E-state index contributed by atoms with van der Waals surface area (Å²) in [6.07, 6.45) is 0. The first-order chi connectivity index (χ1) is 6.24. The Kier molecular flexibility index (Phi) is 1.84. The summed E-state index contributed by atoms with van der Waals surface area (Å²) < 4.78 is 6.91. The number of methoxy groups -OCH3 is 1. The molecule has 2 heterocycles. The second-order valence-electron chi connectivity index (χ2n) is 2.63. The number of rotatable bonds is 1. The average molecular weight is 198 g/mol. The second kappa shape index (κ2) is 2.88. The average Bonchev–Trinajstić information content (AvgIpc) is 2.49. The standard InChI is InChI=1S/C8H8ClN3O/c1-5-10-11-7-4-3-6(9)8(13-2)12(5)7/h3-4H,1-2H3. The van der Waals surface area contributed by atoms with Gasteiger partial charge in [-0.25, -0.2) is 4.40 Å². The molecule has 0 bridgehead atoms. The smallest absolute Gasteiger partial charge is 0.219 e. The van der Waals surface area contributed by atoms with Gasteiger partial charge in [0.15, 0.2) is 5.65 Å². The van der Waals surface area contributed by atoms with Crippen LogP contribution in [0.25, 0.3) is 5.65 Å². The maximum absolute atomic E-state index is 5.93. The lowest BCUT2D eigenvalue weighted by Crippen LogP contribution is -1.96.